The molecule has 16 heavy (non-hydrogen) atoms. The third-order valence-electron chi connectivity index (χ3n) is 3.31. The third kappa shape index (κ3) is 2.44. The highest BCUT2D eigenvalue weighted by Gasteiger charge is 2.19. The quantitative estimate of drug-likeness (QED) is 0.754. The molecule has 0 unspecified atom stereocenters. The molecule has 0 aromatic heterocycles. The lowest BCUT2D eigenvalue weighted by molar-refractivity contribution is -0.132. The normalized spacial score (nSPS) is 22.7. The number of aliphatic carboxylic acids is 1. The Hall–Kier alpha value is -1.29. The van der Waals surface area contributed by atoms with E-state index in [2.05, 4.69) is 16.8 Å². The number of hydrogen-bond donors (Lipinski definition) is 1. The minimum atomic E-state index is -0.784. The van der Waals surface area contributed by atoms with Crippen molar-refractivity contribution in [3.63, 3.8) is 0 Å². The molecule has 0 amide bonds. The average Bonchev–Trinajstić information content (AvgIpc) is 2.30. The van der Waals surface area contributed by atoms with Crippen LogP contribution in [0.2, 0.25) is 0 Å². The Morgan fingerprint density at radius 3 is 2.38 bits per heavy atom. The summed E-state index contributed by atoms with van der Waals surface area (Å²) in [5.74, 6) is -0.784. The van der Waals surface area contributed by atoms with Gasteiger partial charge in [-0.05, 0) is 26.0 Å². The third-order valence-corrected chi connectivity index (χ3v) is 3.31. The molecule has 4 heteroatoms. The molecule has 0 aromatic carbocycles. The molecule has 0 radical (unpaired) electrons. The molecule has 0 saturated carbocycles. The number of carboxylic acids is 1. The molecule has 1 aliphatic carbocycles. The monoisotopic (exact) mass is 222 g/mol. The molecule has 2 rings (SSSR count). The van der Waals surface area contributed by atoms with Crippen molar-refractivity contribution >= 4 is 5.97 Å². The average molecular weight is 222 g/mol. The van der Waals surface area contributed by atoms with Crippen LogP contribution in [0.3, 0.4) is 0 Å². The second kappa shape index (κ2) is 4.70. The van der Waals surface area contributed by atoms with Crippen molar-refractivity contribution in [1.29, 1.82) is 0 Å². The van der Waals surface area contributed by atoms with Gasteiger partial charge in [0.2, 0.25) is 0 Å². The zero-order chi connectivity index (χ0) is 11.5. The van der Waals surface area contributed by atoms with Crippen LogP contribution in [-0.2, 0) is 4.79 Å². The summed E-state index contributed by atoms with van der Waals surface area (Å²) in [6.45, 7) is 4.29. The van der Waals surface area contributed by atoms with Gasteiger partial charge in [0.15, 0.2) is 0 Å². The maximum Gasteiger partial charge on any atom is 0.331 e. The van der Waals surface area contributed by atoms with Crippen LogP contribution in [0.5, 0.6) is 0 Å². The Labute approximate surface area is 95.8 Å². The van der Waals surface area contributed by atoms with Crippen molar-refractivity contribution in [2.24, 2.45) is 0 Å². The lowest BCUT2D eigenvalue weighted by atomic mass is 10.0. The molecule has 0 atom stereocenters. The van der Waals surface area contributed by atoms with Gasteiger partial charge in [-0.25, -0.2) is 4.79 Å². The van der Waals surface area contributed by atoms with Gasteiger partial charge in [0, 0.05) is 37.4 Å². The summed E-state index contributed by atoms with van der Waals surface area (Å²) < 4.78 is 0. The molecule has 4 nitrogen and oxygen atoms in total. The molecule has 0 spiro atoms. The van der Waals surface area contributed by atoms with E-state index in [4.69, 9.17) is 5.11 Å². The summed E-state index contributed by atoms with van der Waals surface area (Å²) in [6.07, 6.45) is 5.24. The first-order valence-electron chi connectivity index (χ1n) is 5.73. The summed E-state index contributed by atoms with van der Waals surface area (Å²) in [5, 5.41) is 8.85. The van der Waals surface area contributed by atoms with Crippen molar-refractivity contribution in [2.45, 2.75) is 12.8 Å². The number of nitrogens with zero attached hydrogens (tertiary/aromatic N) is 2. The van der Waals surface area contributed by atoms with Crippen molar-refractivity contribution in [3.05, 3.63) is 23.4 Å². The zero-order valence-electron chi connectivity index (χ0n) is 9.65. The first kappa shape index (κ1) is 11.2. The SMILES string of the molecule is CN1CCN(C2=CC=C(C(=O)O)CC2)CC1. The fraction of sp³-hybridized carbons (Fsp3) is 0.583. The van der Waals surface area contributed by atoms with Crippen molar-refractivity contribution in [3.8, 4) is 0 Å². The van der Waals surface area contributed by atoms with E-state index in [0.29, 0.717) is 12.0 Å². The van der Waals surface area contributed by atoms with E-state index in [1.54, 1.807) is 6.08 Å². The summed E-state index contributed by atoms with van der Waals surface area (Å²) in [5.41, 5.74) is 1.82. The minimum Gasteiger partial charge on any atom is -0.478 e. The van der Waals surface area contributed by atoms with Gasteiger partial charge in [-0.3, -0.25) is 0 Å². The Balaban J connectivity index is 1.99. The summed E-state index contributed by atoms with van der Waals surface area (Å²) in [6, 6.07) is 0. The number of likely N-dealkylation sites (N-methyl/N-ethyl adjacent to an activating group) is 1. The number of carboxylic acid groups (broad SMARTS) is 1. The van der Waals surface area contributed by atoms with Crippen LogP contribution >= 0.6 is 0 Å². The van der Waals surface area contributed by atoms with Crippen LogP contribution in [0.25, 0.3) is 0 Å². The van der Waals surface area contributed by atoms with E-state index in [1.807, 2.05) is 6.08 Å². The van der Waals surface area contributed by atoms with Crippen LogP contribution in [0.4, 0.5) is 0 Å². The molecule has 1 fully saturated rings. The van der Waals surface area contributed by atoms with Crippen molar-refractivity contribution < 1.29 is 9.90 Å². The predicted molar refractivity (Wildman–Crippen MR) is 62.1 cm³/mol. The molecule has 1 saturated heterocycles. The highest BCUT2D eigenvalue weighted by Crippen LogP contribution is 2.22. The maximum atomic E-state index is 10.8. The van der Waals surface area contributed by atoms with Gasteiger partial charge in [-0.1, -0.05) is 6.08 Å². The maximum absolute atomic E-state index is 10.8. The predicted octanol–water partition coefficient (Wildman–Crippen LogP) is 0.922. The Bertz CT molecular complexity index is 339. The van der Waals surface area contributed by atoms with E-state index in [1.165, 1.54) is 5.70 Å². The van der Waals surface area contributed by atoms with E-state index < -0.39 is 5.97 Å². The van der Waals surface area contributed by atoms with E-state index in [-0.39, 0.29) is 0 Å². The van der Waals surface area contributed by atoms with E-state index >= 15 is 0 Å². The highest BCUT2D eigenvalue weighted by atomic mass is 16.4. The lowest BCUT2D eigenvalue weighted by Crippen LogP contribution is -2.44. The Kier molecular flexibility index (Phi) is 3.29. The molecule has 2 aliphatic rings. The first-order valence-corrected chi connectivity index (χ1v) is 5.73. The van der Waals surface area contributed by atoms with Gasteiger partial charge in [0.05, 0.1) is 0 Å². The second-order valence-electron chi connectivity index (χ2n) is 4.45. The molecule has 0 bridgehead atoms. The smallest absolute Gasteiger partial charge is 0.331 e. The molecule has 88 valence electrons. The molecule has 1 aliphatic heterocycles. The van der Waals surface area contributed by atoms with Crippen LogP contribution in [0.15, 0.2) is 23.4 Å². The number of piperazine rings is 1. The first-order chi connectivity index (χ1) is 7.66. The summed E-state index contributed by atoms with van der Waals surface area (Å²) >= 11 is 0. The van der Waals surface area contributed by atoms with Crippen LogP contribution in [0.1, 0.15) is 12.8 Å². The van der Waals surface area contributed by atoms with Gasteiger partial charge in [-0.15, -0.1) is 0 Å². The van der Waals surface area contributed by atoms with Crippen molar-refractivity contribution in [1.82, 2.24) is 9.80 Å². The number of rotatable bonds is 2. The Morgan fingerprint density at radius 2 is 1.88 bits per heavy atom. The van der Waals surface area contributed by atoms with Crippen molar-refractivity contribution in [2.75, 3.05) is 33.2 Å². The molecule has 1 N–H and O–H groups in total. The lowest BCUT2D eigenvalue weighted by Gasteiger charge is -2.36. The zero-order valence-corrected chi connectivity index (χ0v) is 9.65. The molecular formula is C12H18N2O2. The van der Waals surface area contributed by atoms with Crippen LogP contribution in [-0.4, -0.2) is 54.1 Å². The van der Waals surface area contributed by atoms with Gasteiger partial charge in [0.1, 0.15) is 0 Å². The number of hydrogen-bond acceptors (Lipinski definition) is 3. The molecule has 1 heterocycles. The second-order valence-corrected chi connectivity index (χ2v) is 4.45. The number of allylic oxidation sites excluding steroid dienone is 3. The summed E-state index contributed by atoms with van der Waals surface area (Å²) in [7, 11) is 2.13. The topological polar surface area (TPSA) is 43.8 Å². The van der Waals surface area contributed by atoms with Gasteiger partial charge in [-0.2, -0.15) is 0 Å². The fourth-order valence-corrected chi connectivity index (χ4v) is 2.16. The minimum absolute atomic E-state index is 0.526. The Morgan fingerprint density at radius 1 is 1.19 bits per heavy atom. The molecular weight excluding hydrogens is 204 g/mol. The summed E-state index contributed by atoms with van der Waals surface area (Å²) in [4.78, 5) is 15.5. The van der Waals surface area contributed by atoms with E-state index in [9.17, 15) is 4.79 Å². The number of carbonyl (C=O) groups is 1. The fourth-order valence-electron chi connectivity index (χ4n) is 2.16. The highest BCUT2D eigenvalue weighted by molar-refractivity contribution is 5.87. The standard InChI is InChI=1S/C12H18N2O2/c1-13-6-8-14(9-7-13)11-4-2-10(3-5-11)12(15)16/h2,4H,3,5-9H2,1H3,(H,15,16). The molecule has 0 aromatic rings. The van der Waals surface area contributed by atoms with Gasteiger partial charge < -0.3 is 14.9 Å². The van der Waals surface area contributed by atoms with Gasteiger partial charge in [0.25, 0.3) is 0 Å². The van der Waals surface area contributed by atoms with Crippen LogP contribution in [0, 0.1) is 0 Å². The van der Waals surface area contributed by atoms with Crippen LogP contribution < -0.4 is 0 Å². The van der Waals surface area contributed by atoms with Gasteiger partial charge >= 0.3 is 5.97 Å². The largest absolute Gasteiger partial charge is 0.478 e. The van der Waals surface area contributed by atoms with E-state index in [0.717, 1.165) is 32.6 Å².